The highest BCUT2D eigenvalue weighted by atomic mass is 32.2. The fraction of sp³-hybridized carbons (Fsp3) is 0.375. The molecule has 0 spiro atoms. The van der Waals surface area contributed by atoms with Crippen molar-refractivity contribution in [2.75, 3.05) is 39.0 Å². The van der Waals surface area contributed by atoms with Gasteiger partial charge >= 0.3 is 0 Å². The summed E-state index contributed by atoms with van der Waals surface area (Å²) in [6.45, 7) is 1.68. The predicted octanol–water partition coefficient (Wildman–Crippen LogP) is 3.44. The van der Waals surface area contributed by atoms with Crippen LogP contribution in [0.2, 0.25) is 0 Å². The van der Waals surface area contributed by atoms with Crippen LogP contribution < -0.4 is 5.32 Å². The molecule has 0 bridgehead atoms. The number of rotatable bonds is 8. The summed E-state index contributed by atoms with van der Waals surface area (Å²) in [5.41, 5.74) is 2.85. The maximum absolute atomic E-state index is 12.6. The van der Waals surface area contributed by atoms with E-state index in [0.29, 0.717) is 25.9 Å². The van der Waals surface area contributed by atoms with E-state index in [-0.39, 0.29) is 11.8 Å². The summed E-state index contributed by atoms with van der Waals surface area (Å²) >= 11 is 0. The van der Waals surface area contributed by atoms with Crippen LogP contribution in [0.1, 0.15) is 24.0 Å². The van der Waals surface area contributed by atoms with Crippen LogP contribution in [-0.4, -0.2) is 57.3 Å². The standard InChI is InChI=1S/C24H31N3O3S/c1-26(2)16-12-21-8-10-23(11-9-21)25-24(28)22-13-17-27(18-14-22)31(29,30)19-15-20-6-4-3-5-7-20/h3-11,15,19,22H,12-14,16-18H2,1-2H3,(H,25,28)/b19-15+. The topological polar surface area (TPSA) is 69.7 Å². The van der Waals surface area contributed by atoms with Gasteiger partial charge in [-0.15, -0.1) is 0 Å². The molecule has 0 atom stereocenters. The highest BCUT2D eigenvalue weighted by Crippen LogP contribution is 2.22. The van der Waals surface area contributed by atoms with Crippen molar-refractivity contribution in [2.45, 2.75) is 19.3 Å². The molecule has 31 heavy (non-hydrogen) atoms. The van der Waals surface area contributed by atoms with Crippen molar-refractivity contribution in [3.05, 3.63) is 71.1 Å². The van der Waals surface area contributed by atoms with Crippen molar-refractivity contribution in [1.29, 1.82) is 0 Å². The monoisotopic (exact) mass is 441 g/mol. The van der Waals surface area contributed by atoms with Crippen LogP contribution in [0.25, 0.3) is 6.08 Å². The zero-order chi connectivity index (χ0) is 22.3. The lowest BCUT2D eigenvalue weighted by Gasteiger charge is -2.29. The van der Waals surface area contributed by atoms with Gasteiger partial charge in [0.25, 0.3) is 0 Å². The summed E-state index contributed by atoms with van der Waals surface area (Å²) in [5.74, 6) is -0.226. The molecule has 0 saturated carbocycles. The number of hydrogen-bond acceptors (Lipinski definition) is 4. The van der Waals surface area contributed by atoms with Crippen LogP contribution in [0.4, 0.5) is 5.69 Å². The minimum absolute atomic E-state index is 0.0436. The fourth-order valence-electron chi connectivity index (χ4n) is 3.54. The molecule has 7 heteroatoms. The Labute approximate surface area is 185 Å². The molecule has 1 heterocycles. The summed E-state index contributed by atoms with van der Waals surface area (Å²) in [7, 11) is 0.604. The number of benzene rings is 2. The van der Waals surface area contributed by atoms with Crippen LogP contribution >= 0.6 is 0 Å². The SMILES string of the molecule is CN(C)CCc1ccc(NC(=O)C2CCN(S(=O)(=O)/C=C/c3ccccc3)CC2)cc1. The highest BCUT2D eigenvalue weighted by Gasteiger charge is 2.29. The van der Waals surface area contributed by atoms with Gasteiger partial charge in [0.15, 0.2) is 0 Å². The van der Waals surface area contributed by atoms with Gasteiger partial charge in [-0.25, -0.2) is 8.42 Å². The quantitative estimate of drug-likeness (QED) is 0.681. The Balaban J connectivity index is 1.49. The van der Waals surface area contributed by atoms with Gasteiger partial charge in [-0.2, -0.15) is 4.31 Å². The van der Waals surface area contributed by atoms with Gasteiger partial charge in [0.2, 0.25) is 15.9 Å². The Bertz CT molecular complexity index is 978. The van der Waals surface area contributed by atoms with Gasteiger partial charge in [0.1, 0.15) is 0 Å². The van der Waals surface area contributed by atoms with E-state index in [1.807, 2.05) is 68.7 Å². The second-order valence-corrected chi connectivity index (χ2v) is 9.99. The molecular formula is C24H31N3O3S. The van der Waals surface area contributed by atoms with Crippen molar-refractivity contribution in [3.8, 4) is 0 Å². The van der Waals surface area contributed by atoms with Gasteiger partial charge in [0.05, 0.1) is 0 Å². The second kappa shape index (κ2) is 10.7. The fourth-order valence-corrected chi connectivity index (χ4v) is 4.76. The molecule has 1 fully saturated rings. The van der Waals surface area contributed by atoms with Gasteiger partial charge < -0.3 is 10.2 Å². The summed E-state index contributed by atoms with van der Waals surface area (Å²) in [6.07, 6.45) is 3.61. The number of hydrogen-bond donors (Lipinski definition) is 1. The number of amides is 1. The summed E-state index contributed by atoms with van der Waals surface area (Å²) in [5, 5.41) is 4.22. The number of anilines is 1. The molecule has 1 amide bonds. The van der Waals surface area contributed by atoms with E-state index in [9.17, 15) is 13.2 Å². The predicted molar refractivity (Wildman–Crippen MR) is 126 cm³/mol. The maximum Gasteiger partial charge on any atom is 0.236 e. The minimum atomic E-state index is -3.49. The molecular weight excluding hydrogens is 410 g/mol. The van der Waals surface area contributed by atoms with Crippen molar-refractivity contribution >= 4 is 27.7 Å². The number of likely N-dealkylation sites (N-methyl/N-ethyl adjacent to an activating group) is 1. The van der Waals surface area contributed by atoms with Crippen molar-refractivity contribution in [1.82, 2.24) is 9.21 Å². The lowest BCUT2D eigenvalue weighted by Crippen LogP contribution is -2.40. The van der Waals surface area contributed by atoms with Crippen molar-refractivity contribution < 1.29 is 13.2 Å². The second-order valence-electron chi connectivity index (χ2n) is 8.17. The third-order valence-electron chi connectivity index (χ3n) is 5.49. The van der Waals surface area contributed by atoms with Crippen molar-refractivity contribution in [3.63, 3.8) is 0 Å². The zero-order valence-corrected chi connectivity index (χ0v) is 19.0. The molecule has 0 unspecified atom stereocenters. The molecule has 2 aromatic carbocycles. The first-order chi connectivity index (χ1) is 14.8. The molecule has 0 aliphatic carbocycles. The number of carbonyl (C=O) groups excluding carboxylic acids is 1. The zero-order valence-electron chi connectivity index (χ0n) is 18.2. The Morgan fingerprint density at radius 1 is 1.06 bits per heavy atom. The van der Waals surface area contributed by atoms with E-state index in [1.165, 1.54) is 15.3 Å². The van der Waals surface area contributed by atoms with Gasteiger partial charge in [0, 0.05) is 36.6 Å². The first kappa shape index (κ1) is 23.2. The van der Waals surface area contributed by atoms with Gasteiger partial charge in [-0.05, 0) is 62.7 Å². The normalized spacial score (nSPS) is 16.1. The third kappa shape index (κ3) is 7.02. The smallest absolute Gasteiger partial charge is 0.236 e. The molecule has 1 aliphatic rings. The molecule has 6 nitrogen and oxygen atoms in total. The summed E-state index contributed by atoms with van der Waals surface area (Å²) in [6, 6.07) is 17.3. The van der Waals surface area contributed by atoms with E-state index in [4.69, 9.17) is 0 Å². The Morgan fingerprint density at radius 3 is 2.32 bits per heavy atom. The first-order valence-corrected chi connectivity index (χ1v) is 12.1. The Hall–Kier alpha value is -2.48. The van der Waals surface area contributed by atoms with Crippen LogP contribution in [-0.2, 0) is 21.2 Å². The van der Waals surface area contributed by atoms with Crippen LogP contribution in [0.15, 0.2) is 60.0 Å². The number of carbonyl (C=O) groups is 1. The van der Waals surface area contributed by atoms with Gasteiger partial charge in [-0.3, -0.25) is 4.79 Å². The molecule has 0 radical (unpaired) electrons. The van der Waals surface area contributed by atoms with Crippen LogP contribution in [0, 0.1) is 5.92 Å². The lowest BCUT2D eigenvalue weighted by atomic mass is 9.97. The molecule has 3 rings (SSSR count). The molecule has 0 aromatic heterocycles. The van der Waals surface area contributed by atoms with E-state index >= 15 is 0 Å². The third-order valence-corrected chi connectivity index (χ3v) is 7.05. The highest BCUT2D eigenvalue weighted by molar-refractivity contribution is 7.92. The number of piperidine rings is 1. The van der Waals surface area contributed by atoms with E-state index < -0.39 is 10.0 Å². The van der Waals surface area contributed by atoms with E-state index in [1.54, 1.807) is 6.08 Å². The minimum Gasteiger partial charge on any atom is -0.326 e. The lowest BCUT2D eigenvalue weighted by molar-refractivity contribution is -0.120. The average Bonchev–Trinajstić information content (AvgIpc) is 2.78. The molecule has 166 valence electrons. The number of nitrogens with zero attached hydrogens (tertiary/aromatic N) is 2. The summed E-state index contributed by atoms with van der Waals surface area (Å²) < 4.78 is 26.6. The molecule has 1 aliphatic heterocycles. The van der Waals surface area contributed by atoms with E-state index in [2.05, 4.69) is 10.2 Å². The number of nitrogens with one attached hydrogen (secondary N) is 1. The van der Waals surface area contributed by atoms with Crippen molar-refractivity contribution in [2.24, 2.45) is 5.92 Å². The molecule has 2 aromatic rings. The molecule has 1 N–H and O–H groups in total. The van der Waals surface area contributed by atoms with E-state index in [0.717, 1.165) is 24.2 Å². The van der Waals surface area contributed by atoms with Crippen LogP contribution in [0.5, 0.6) is 0 Å². The maximum atomic E-state index is 12.6. The average molecular weight is 442 g/mol. The van der Waals surface area contributed by atoms with Gasteiger partial charge in [-0.1, -0.05) is 42.5 Å². The molecule has 1 saturated heterocycles. The largest absolute Gasteiger partial charge is 0.326 e. The first-order valence-electron chi connectivity index (χ1n) is 10.6. The summed E-state index contributed by atoms with van der Waals surface area (Å²) in [4.78, 5) is 14.8. The Morgan fingerprint density at radius 2 is 1.71 bits per heavy atom. The van der Waals surface area contributed by atoms with Crippen LogP contribution in [0.3, 0.4) is 0 Å². The number of sulfonamides is 1. The Kier molecular flexibility index (Phi) is 8.01.